The maximum atomic E-state index is 13.7. The molecule has 104 valence electrons. The summed E-state index contributed by atoms with van der Waals surface area (Å²) in [4.78, 5) is 11.4. The summed E-state index contributed by atoms with van der Waals surface area (Å²) in [5.41, 5.74) is 1.77. The molecule has 0 spiro atoms. The maximum Gasteiger partial charge on any atom is 0.349 e. The van der Waals surface area contributed by atoms with E-state index in [1.165, 1.54) is 18.2 Å². The van der Waals surface area contributed by atoms with E-state index in [2.05, 4.69) is 0 Å². The lowest BCUT2D eigenvalue weighted by Gasteiger charge is -2.18. The number of benzene rings is 2. The van der Waals surface area contributed by atoms with E-state index in [1.807, 2.05) is 26.0 Å². The number of aryl methyl sites for hydroxylation is 2. The molecule has 1 N–H and O–H groups in total. The fraction of sp³-hybridized carbons (Fsp3) is 0.188. The van der Waals surface area contributed by atoms with Crippen LogP contribution in [-0.2, 0) is 4.79 Å². The number of hydrogen-bond donors (Lipinski definition) is 1. The second-order valence-corrected chi connectivity index (χ2v) is 4.63. The van der Waals surface area contributed by atoms with Crippen molar-refractivity contribution < 1.29 is 19.0 Å². The number of aliphatic carboxylic acids is 1. The minimum Gasteiger partial charge on any atom is -0.478 e. The lowest BCUT2D eigenvalue weighted by molar-refractivity contribution is -0.145. The van der Waals surface area contributed by atoms with Gasteiger partial charge in [-0.15, -0.1) is 0 Å². The molecular formula is C16H15FO3. The minimum absolute atomic E-state index is 0.0147. The third kappa shape index (κ3) is 2.96. The van der Waals surface area contributed by atoms with Gasteiger partial charge in [0.15, 0.2) is 0 Å². The topological polar surface area (TPSA) is 46.5 Å². The van der Waals surface area contributed by atoms with E-state index in [-0.39, 0.29) is 5.56 Å². The van der Waals surface area contributed by atoms with Crippen molar-refractivity contribution >= 4 is 5.97 Å². The number of carboxylic acid groups (broad SMARTS) is 1. The van der Waals surface area contributed by atoms with E-state index in [1.54, 1.807) is 12.1 Å². The summed E-state index contributed by atoms with van der Waals surface area (Å²) in [6, 6.07) is 11.2. The zero-order chi connectivity index (χ0) is 14.7. The summed E-state index contributed by atoms with van der Waals surface area (Å²) in [7, 11) is 0. The van der Waals surface area contributed by atoms with Gasteiger partial charge in [-0.1, -0.05) is 30.3 Å². The number of halogens is 1. The van der Waals surface area contributed by atoms with Gasteiger partial charge in [0.2, 0.25) is 6.10 Å². The SMILES string of the molecule is Cc1ccc(C)c(OC(C(=O)O)c2ccccc2F)c1. The van der Waals surface area contributed by atoms with Crippen LogP contribution in [0.25, 0.3) is 0 Å². The van der Waals surface area contributed by atoms with Crippen molar-refractivity contribution in [3.8, 4) is 5.75 Å². The van der Waals surface area contributed by atoms with Crippen LogP contribution in [0.15, 0.2) is 42.5 Å². The van der Waals surface area contributed by atoms with Gasteiger partial charge in [0.25, 0.3) is 0 Å². The van der Waals surface area contributed by atoms with Gasteiger partial charge in [0.05, 0.1) is 0 Å². The molecule has 1 atom stereocenters. The molecule has 0 aliphatic rings. The predicted molar refractivity (Wildman–Crippen MR) is 73.3 cm³/mol. The Morgan fingerprint density at radius 2 is 1.90 bits per heavy atom. The van der Waals surface area contributed by atoms with Crippen molar-refractivity contribution in [2.75, 3.05) is 0 Å². The molecule has 0 fully saturated rings. The van der Waals surface area contributed by atoms with Gasteiger partial charge in [-0.25, -0.2) is 9.18 Å². The van der Waals surface area contributed by atoms with Crippen LogP contribution in [0.4, 0.5) is 4.39 Å². The average molecular weight is 274 g/mol. The summed E-state index contributed by atoms with van der Waals surface area (Å²) in [5.74, 6) is -1.37. The number of ether oxygens (including phenoxy) is 1. The van der Waals surface area contributed by atoms with Gasteiger partial charge in [-0.3, -0.25) is 0 Å². The van der Waals surface area contributed by atoms with Crippen molar-refractivity contribution in [1.29, 1.82) is 0 Å². The molecule has 1 unspecified atom stereocenters. The van der Waals surface area contributed by atoms with Crippen molar-refractivity contribution in [2.45, 2.75) is 20.0 Å². The Hall–Kier alpha value is -2.36. The molecule has 2 aromatic carbocycles. The van der Waals surface area contributed by atoms with Crippen molar-refractivity contribution in [2.24, 2.45) is 0 Å². The minimum atomic E-state index is -1.36. The fourth-order valence-electron chi connectivity index (χ4n) is 1.90. The van der Waals surface area contributed by atoms with Crippen LogP contribution in [0, 0.1) is 19.7 Å². The molecule has 3 nitrogen and oxygen atoms in total. The predicted octanol–water partition coefficient (Wildman–Crippen LogP) is 3.65. The van der Waals surface area contributed by atoms with E-state index < -0.39 is 17.9 Å². The second-order valence-electron chi connectivity index (χ2n) is 4.63. The highest BCUT2D eigenvalue weighted by Crippen LogP contribution is 2.27. The molecule has 0 bridgehead atoms. The smallest absolute Gasteiger partial charge is 0.349 e. The molecule has 0 aliphatic carbocycles. The van der Waals surface area contributed by atoms with Crippen molar-refractivity contribution in [3.63, 3.8) is 0 Å². The number of hydrogen-bond acceptors (Lipinski definition) is 2. The molecular weight excluding hydrogens is 259 g/mol. The monoisotopic (exact) mass is 274 g/mol. The first-order valence-electron chi connectivity index (χ1n) is 6.20. The Labute approximate surface area is 116 Å². The molecule has 0 amide bonds. The molecule has 2 rings (SSSR count). The summed E-state index contributed by atoms with van der Waals surface area (Å²) in [5, 5.41) is 9.28. The van der Waals surface area contributed by atoms with Crippen LogP contribution in [0.1, 0.15) is 22.8 Å². The Morgan fingerprint density at radius 3 is 2.55 bits per heavy atom. The molecule has 0 radical (unpaired) electrons. The largest absolute Gasteiger partial charge is 0.478 e. The number of carboxylic acids is 1. The Balaban J connectivity index is 2.38. The molecule has 0 aliphatic heterocycles. The van der Waals surface area contributed by atoms with E-state index in [0.717, 1.165) is 11.1 Å². The van der Waals surface area contributed by atoms with Gasteiger partial charge < -0.3 is 9.84 Å². The van der Waals surface area contributed by atoms with Gasteiger partial charge in [-0.2, -0.15) is 0 Å². The Kier molecular flexibility index (Phi) is 4.03. The first-order chi connectivity index (χ1) is 9.49. The Morgan fingerprint density at radius 1 is 1.20 bits per heavy atom. The number of carbonyl (C=O) groups is 1. The van der Waals surface area contributed by atoms with Crippen LogP contribution < -0.4 is 4.74 Å². The van der Waals surface area contributed by atoms with Crippen LogP contribution in [-0.4, -0.2) is 11.1 Å². The first kappa shape index (κ1) is 14.1. The molecule has 0 saturated heterocycles. The van der Waals surface area contributed by atoms with Gasteiger partial charge >= 0.3 is 5.97 Å². The lowest BCUT2D eigenvalue weighted by atomic mass is 10.1. The molecule has 20 heavy (non-hydrogen) atoms. The average Bonchev–Trinajstić information content (AvgIpc) is 2.40. The lowest BCUT2D eigenvalue weighted by Crippen LogP contribution is -2.19. The zero-order valence-corrected chi connectivity index (χ0v) is 11.3. The maximum absolute atomic E-state index is 13.7. The Bertz CT molecular complexity index is 637. The van der Waals surface area contributed by atoms with Crippen LogP contribution in [0.5, 0.6) is 5.75 Å². The molecule has 4 heteroatoms. The zero-order valence-electron chi connectivity index (χ0n) is 11.3. The fourth-order valence-corrected chi connectivity index (χ4v) is 1.90. The molecule has 0 heterocycles. The standard InChI is InChI=1S/C16H15FO3/c1-10-7-8-11(2)14(9-10)20-15(16(18)19)12-5-3-4-6-13(12)17/h3-9,15H,1-2H3,(H,18,19). The second kappa shape index (κ2) is 5.74. The van der Waals surface area contributed by atoms with Crippen molar-refractivity contribution in [1.82, 2.24) is 0 Å². The van der Waals surface area contributed by atoms with Crippen LogP contribution in [0.2, 0.25) is 0 Å². The highest BCUT2D eigenvalue weighted by Gasteiger charge is 2.25. The van der Waals surface area contributed by atoms with Gasteiger partial charge in [-0.05, 0) is 37.1 Å². The number of rotatable bonds is 4. The molecule has 0 aromatic heterocycles. The quantitative estimate of drug-likeness (QED) is 0.925. The highest BCUT2D eigenvalue weighted by molar-refractivity contribution is 5.75. The molecule has 2 aromatic rings. The summed E-state index contributed by atoms with van der Waals surface area (Å²) in [6.45, 7) is 3.69. The van der Waals surface area contributed by atoms with Crippen molar-refractivity contribution in [3.05, 3.63) is 65.0 Å². The normalized spacial score (nSPS) is 11.9. The van der Waals surface area contributed by atoms with E-state index in [9.17, 15) is 14.3 Å². The summed E-state index contributed by atoms with van der Waals surface area (Å²) >= 11 is 0. The van der Waals surface area contributed by atoms with Crippen LogP contribution in [0.3, 0.4) is 0 Å². The van der Waals surface area contributed by atoms with E-state index in [4.69, 9.17) is 4.74 Å². The third-order valence-corrected chi connectivity index (χ3v) is 3.00. The summed E-state index contributed by atoms with van der Waals surface area (Å²) in [6.07, 6.45) is -1.36. The summed E-state index contributed by atoms with van der Waals surface area (Å²) < 4.78 is 19.3. The molecule has 0 saturated carbocycles. The van der Waals surface area contributed by atoms with E-state index >= 15 is 0 Å². The van der Waals surface area contributed by atoms with E-state index in [0.29, 0.717) is 5.75 Å². The van der Waals surface area contributed by atoms with Gasteiger partial charge in [0.1, 0.15) is 11.6 Å². The third-order valence-electron chi connectivity index (χ3n) is 3.00. The van der Waals surface area contributed by atoms with Crippen LogP contribution >= 0.6 is 0 Å². The highest BCUT2D eigenvalue weighted by atomic mass is 19.1. The first-order valence-corrected chi connectivity index (χ1v) is 6.20. The van der Waals surface area contributed by atoms with Gasteiger partial charge in [0, 0.05) is 5.56 Å².